The number of aryl methyl sites for hydroxylation is 1. The molecule has 3 aromatic rings. The number of nitrogens with one attached hydrogen (secondary N) is 1. The SMILES string of the molecule is CCN1CCN(CCc2nc3cc(NC(=O)c4ccc(OC)cc4)ccc3n2C)CC1. The van der Waals surface area contributed by atoms with Crippen LogP contribution in [0, 0.1) is 0 Å². The summed E-state index contributed by atoms with van der Waals surface area (Å²) in [5.74, 6) is 1.65. The van der Waals surface area contributed by atoms with Crippen molar-refractivity contribution in [3.8, 4) is 5.75 Å². The summed E-state index contributed by atoms with van der Waals surface area (Å²) in [6, 6.07) is 13.0. The standard InChI is InChI=1S/C24H31N5O2/c1-4-28-13-15-29(16-14-28)12-11-23-26-21-17-19(7-10-22(21)27(23)2)25-24(30)18-5-8-20(31-3)9-6-18/h5-10,17H,4,11-16H2,1-3H3,(H,25,30). The molecule has 1 aliphatic heterocycles. The van der Waals surface area contributed by atoms with Gasteiger partial charge >= 0.3 is 0 Å². The van der Waals surface area contributed by atoms with Gasteiger partial charge in [0.1, 0.15) is 11.6 Å². The van der Waals surface area contributed by atoms with Crippen molar-refractivity contribution >= 4 is 22.6 Å². The molecule has 7 nitrogen and oxygen atoms in total. The molecule has 31 heavy (non-hydrogen) atoms. The average Bonchev–Trinajstić information content (AvgIpc) is 3.12. The van der Waals surface area contributed by atoms with E-state index in [2.05, 4.69) is 33.7 Å². The second kappa shape index (κ2) is 9.49. The molecule has 0 saturated carbocycles. The molecule has 0 spiro atoms. The van der Waals surface area contributed by atoms with E-state index in [1.54, 1.807) is 31.4 Å². The highest BCUT2D eigenvalue weighted by Gasteiger charge is 2.17. The number of imidazole rings is 1. The number of rotatable bonds is 7. The molecule has 0 bridgehead atoms. The number of carbonyl (C=O) groups is 1. The molecule has 1 amide bonds. The fraction of sp³-hybridized carbons (Fsp3) is 0.417. The largest absolute Gasteiger partial charge is 0.497 e. The molecule has 1 saturated heterocycles. The van der Waals surface area contributed by atoms with Crippen LogP contribution in [0.25, 0.3) is 11.0 Å². The first kappa shape index (κ1) is 21.3. The van der Waals surface area contributed by atoms with Gasteiger partial charge in [0, 0.05) is 57.4 Å². The summed E-state index contributed by atoms with van der Waals surface area (Å²) in [6.07, 6.45) is 0.921. The van der Waals surface area contributed by atoms with Gasteiger partial charge in [-0.15, -0.1) is 0 Å². The predicted octanol–water partition coefficient (Wildman–Crippen LogP) is 3.01. The van der Waals surface area contributed by atoms with Gasteiger partial charge in [-0.1, -0.05) is 6.92 Å². The van der Waals surface area contributed by atoms with E-state index in [1.165, 1.54) is 0 Å². The third-order valence-corrected chi connectivity index (χ3v) is 6.15. The Bertz CT molecular complexity index is 1040. The van der Waals surface area contributed by atoms with Crippen LogP contribution in [-0.2, 0) is 13.5 Å². The fourth-order valence-corrected chi connectivity index (χ4v) is 4.08. The average molecular weight is 422 g/mol. The van der Waals surface area contributed by atoms with E-state index in [0.29, 0.717) is 5.56 Å². The fourth-order valence-electron chi connectivity index (χ4n) is 4.08. The number of hydrogen-bond donors (Lipinski definition) is 1. The lowest BCUT2D eigenvalue weighted by atomic mass is 10.2. The molecule has 1 N–H and O–H groups in total. The van der Waals surface area contributed by atoms with Crippen LogP contribution in [0.1, 0.15) is 23.1 Å². The highest BCUT2D eigenvalue weighted by molar-refractivity contribution is 6.05. The maximum Gasteiger partial charge on any atom is 0.255 e. The normalized spacial score (nSPS) is 15.3. The number of nitrogens with zero attached hydrogens (tertiary/aromatic N) is 4. The monoisotopic (exact) mass is 421 g/mol. The molecule has 0 aliphatic carbocycles. The summed E-state index contributed by atoms with van der Waals surface area (Å²) >= 11 is 0. The van der Waals surface area contributed by atoms with Crippen molar-refractivity contribution in [1.82, 2.24) is 19.4 Å². The first-order valence-electron chi connectivity index (χ1n) is 10.9. The van der Waals surface area contributed by atoms with Crippen molar-refractivity contribution in [2.75, 3.05) is 51.7 Å². The van der Waals surface area contributed by atoms with Crippen molar-refractivity contribution in [1.29, 1.82) is 0 Å². The number of hydrogen-bond acceptors (Lipinski definition) is 5. The second-order valence-corrected chi connectivity index (χ2v) is 8.00. The van der Waals surface area contributed by atoms with Crippen LogP contribution in [0.15, 0.2) is 42.5 Å². The van der Waals surface area contributed by atoms with Crippen molar-refractivity contribution in [3.05, 3.63) is 53.9 Å². The summed E-state index contributed by atoms with van der Waals surface area (Å²) < 4.78 is 7.31. The maximum atomic E-state index is 12.6. The predicted molar refractivity (Wildman–Crippen MR) is 124 cm³/mol. The number of anilines is 1. The van der Waals surface area contributed by atoms with Crippen molar-refractivity contribution in [2.45, 2.75) is 13.3 Å². The highest BCUT2D eigenvalue weighted by Crippen LogP contribution is 2.21. The number of fused-ring (bicyclic) bond motifs is 1. The summed E-state index contributed by atoms with van der Waals surface area (Å²) in [7, 11) is 3.67. The molecule has 7 heteroatoms. The van der Waals surface area contributed by atoms with Crippen LogP contribution in [0.2, 0.25) is 0 Å². The number of aromatic nitrogens is 2. The van der Waals surface area contributed by atoms with Crippen molar-refractivity contribution < 1.29 is 9.53 Å². The Morgan fingerprint density at radius 3 is 2.45 bits per heavy atom. The van der Waals surface area contributed by atoms with E-state index >= 15 is 0 Å². The summed E-state index contributed by atoms with van der Waals surface area (Å²) in [6.45, 7) is 8.93. The zero-order chi connectivity index (χ0) is 21.8. The second-order valence-electron chi connectivity index (χ2n) is 8.00. The van der Waals surface area contributed by atoms with Gasteiger partial charge in [0.05, 0.1) is 18.1 Å². The minimum absolute atomic E-state index is 0.149. The van der Waals surface area contributed by atoms with Crippen LogP contribution < -0.4 is 10.1 Å². The Morgan fingerprint density at radius 1 is 1.06 bits per heavy atom. The summed E-state index contributed by atoms with van der Waals surface area (Å²) in [4.78, 5) is 22.4. The van der Waals surface area contributed by atoms with Crippen molar-refractivity contribution in [2.24, 2.45) is 7.05 Å². The Labute approximate surface area is 183 Å². The summed E-state index contributed by atoms with van der Waals surface area (Å²) in [5, 5.41) is 2.97. The van der Waals surface area contributed by atoms with Gasteiger partial charge in [0.25, 0.3) is 5.91 Å². The zero-order valence-electron chi connectivity index (χ0n) is 18.6. The van der Waals surface area contributed by atoms with Gasteiger partial charge in [-0.25, -0.2) is 4.98 Å². The van der Waals surface area contributed by atoms with Gasteiger partial charge in [-0.05, 0) is 49.0 Å². The molecule has 0 unspecified atom stereocenters. The Hall–Kier alpha value is -2.90. The lowest BCUT2D eigenvalue weighted by Crippen LogP contribution is -2.46. The van der Waals surface area contributed by atoms with Gasteiger partial charge in [-0.3, -0.25) is 4.79 Å². The minimum Gasteiger partial charge on any atom is -0.497 e. The van der Waals surface area contributed by atoms with Crippen LogP contribution in [0.4, 0.5) is 5.69 Å². The van der Waals surface area contributed by atoms with Gasteiger partial charge < -0.3 is 24.4 Å². The number of carbonyl (C=O) groups excluding carboxylic acids is 1. The van der Waals surface area contributed by atoms with E-state index in [0.717, 1.165) is 74.0 Å². The first-order valence-corrected chi connectivity index (χ1v) is 10.9. The number of piperazine rings is 1. The number of amides is 1. The highest BCUT2D eigenvalue weighted by atomic mass is 16.5. The van der Waals surface area contributed by atoms with Gasteiger partial charge in [0.15, 0.2) is 0 Å². The van der Waals surface area contributed by atoms with Crippen molar-refractivity contribution in [3.63, 3.8) is 0 Å². The molecular weight excluding hydrogens is 390 g/mol. The van der Waals surface area contributed by atoms with Crippen LogP contribution in [-0.4, -0.2) is 71.6 Å². The Balaban J connectivity index is 1.41. The quantitative estimate of drug-likeness (QED) is 0.635. The Kier molecular flexibility index (Phi) is 6.53. The molecule has 0 radical (unpaired) electrons. The van der Waals surface area contributed by atoms with E-state index in [-0.39, 0.29) is 5.91 Å². The number of benzene rings is 2. The Morgan fingerprint density at radius 2 is 1.77 bits per heavy atom. The molecule has 164 valence electrons. The first-order chi connectivity index (χ1) is 15.1. The molecule has 1 fully saturated rings. The van der Waals surface area contributed by atoms with Gasteiger partial charge in [0.2, 0.25) is 0 Å². The number of methoxy groups -OCH3 is 1. The number of ether oxygens (including phenoxy) is 1. The van der Waals surface area contributed by atoms with E-state index in [4.69, 9.17) is 9.72 Å². The maximum absolute atomic E-state index is 12.6. The minimum atomic E-state index is -0.149. The topological polar surface area (TPSA) is 62.6 Å². The van der Waals surface area contributed by atoms with Gasteiger partial charge in [-0.2, -0.15) is 0 Å². The molecule has 0 atom stereocenters. The van der Waals surface area contributed by atoms with E-state index < -0.39 is 0 Å². The lowest BCUT2D eigenvalue weighted by Gasteiger charge is -2.33. The smallest absolute Gasteiger partial charge is 0.255 e. The lowest BCUT2D eigenvalue weighted by molar-refractivity contribution is 0.102. The van der Waals surface area contributed by atoms with E-state index in [9.17, 15) is 4.79 Å². The molecule has 4 rings (SSSR count). The molecule has 2 heterocycles. The third-order valence-electron chi connectivity index (χ3n) is 6.15. The zero-order valence-corrected chi connectivity index (χ0v) is 18.6. The van der Waals surface area contributed by atoms with Crippen LogP contribution >= 0.6 is 0 Å². The molecule has 2 aromatic carbocycles. The third kappa shape index (κ3) is 4.89. The van der Waals surface area contributed by atoms with Crippen LogP contribution in [0.5, 0.6) is 5.75 Å². The van der Waals surface area contributed by atoms with Crippen LogP contribution in [0.3, 0.4) is 0 Å². The van der Waals surface area contributed by atoms with E-state index in [1.807, 2.05) is 18.2 Å². The number of likely N-dealkylation sites (N-methyl/N-ethyl adjacent to an activating group) is 1. The molecule has 1 aromatic heterocycles. The summed E-state index contributed by atoms with van der Waals surface area (Å²) in [5.41, 5.74) is 3.31. The molecular formula is C24H31N5O2. The molecule has 1 aliphatic rings.